The molecule has 3 aromatic rings. The fraction of sp³-hybridized carbons (Fsp3) is 0.182. The zero-order valence-corrected chi connectivity index (χ0v) is 15.9. The summed E-state index contributed by atoms with van der Waals surface area (Å²) in [6, 6.07) is 15.1. The van der Waals surface area contributed by atoms with E-state index < -0.39 is 5.60 Å². The van der Waals surface area contributed by atoms with E-state index in [9.17, 15) is 10.1 Å². The molecule has 4 nitrogen and oxygen atoms in total. The molecule has 2 heterocycles. The van der Waals surface area contributed by atoms with Crippen molar-refractivity contribution in [1.82, 2.24) is 4.98 Å². The number of Topliss-reactive ketones (excluding diaryl/α,β-unsaturated/α-hetero) is 1. The molecule has 1 aromatic heterocycles. The van der Waals surface area contributed by atoms with E-state index in [1.54, 1.807) is 13.0 Å². The summed E-state index contributed by atoms with van der Waals surface area (Å²) in [6.07, 6.45) is 0. The van der Waals surface area contributed by atoms with Gasteiger partial charge in [0.2, 0.25) is 5.78 Å². The minimum absolute atomic E-state index is 0.0216. The SMILES string of the molecule is Cc1ccc(C2(C)OC(c3cc4cc(Cl)ccc4[nH]3)=C(C#N)C2=O)cc1C. The lowest BCUT2D eigenvalue weighted by atomic mass is 9.88. The molecular weight excluding hydrogens is 360 g/mol. The van der Waals surface area contributed by atoms with Crippen molar-refractivity contribution in [3.8, 4) is 6.07 Å². The smallest absolute Gasteiger partial charge is 0.225 e. The van der Waals surface area contributed by atoms with Crippen molar-refractivity contribution in [2.24, 2.45) is 0 Å². The largest absolute Gasteiger partial charge is 0.471 e. The zero-order chi connectivity index (χ0) is 19.3. The molecule has 0 radical (unpaired) electrons. The molecule has 1 aliphatic heterocycles. The molecule has 1 atom stereocenters. The maximum atomic E-state index is 13.1. The minimum Gasteiger partial charge on any atom is -0.471 e. The number of rotatable bonds is 2. The Balaban J connectivity index is 1.83. The van der Waals surface area contributed by atoms with Crippen LogP contribution in [-0.2, 0) is 15.1 Å². The van der Waals surface area contributed by atoms with Crippen LogP contribution >= 0.6 is 11.6 Å². The third-order valence-electron chi connectivity index (χ3n) is 5.19. The Morgan fingerprint density at radius 2 is 1.89 bits per heavy atom. The molecule has 2 aromatic carbocycles. The van der Waals surface area contributed by atoms with Crippen LogP contribution in [0.5, 0.6) is 0 Å². The number of H-pyrrole nitrogens is 1. The number of aromatic nitrogens is 1. The van der Waals surface area contributed by atoms with Gasteiger partial charge in [0.25, 0.3) is 0 Å². The molecule has 0 aliphatic carbocycles. The Morgan fingerprint density at radius 3 is 2.59 bits per heavy atom. The normalized spacial score (nSPS) is 19.4. The van der Waals surface area contributed by atoms with E-state index in [0.717, 1.165) is 27.6 Å². The molecule has 0 amide bonds. The van der Waals surface area contributed by atoms with Gasteiger partial charge < -0.3 is 9.72 Å². The van der Waals surface area contributed by atoms with E-state index in [1.807, 2.05) is 56.3 Å². The Hall–Kier alpha value is -3.03. The van der Waals surface area contributed by atoms with Crippen LogP contribution in [-0.4, -0.2) is 10.8 Å². The number of hydrogen-bond acceptors (Lipinski definition) is 3. The van der Waals surface area contributed by atoms with Gasteiger partial charge in [0.15, 0.2) is 11.4 Å². The Morgan fingerprint density at radius 1 is 1.11 bits per heavy atom. The average molecular weight is 377 g/mol. The topological polar surface area (TPSA) is 65.9 Å². The van der Waals surface area contributed by atoms with Gasteiger partial charge in [-0.2, -0.15) is 5.26 Å². The Bertz CT molecular complexity index is 1180. The summed E-state index contributed by atoms with van der Waals surface area (Å²) >= 11 is 6.06. The monoisotopic (exact) mass is 376 g/mol. The summed E-state index contributed by atoms with van der Waals surface area (Å²) in [6.45, 7) is 5.71. The van der Waals surface area contributed by atoms with Crippen LogP contribution in [0.1, 0.15) is 29.3 Å². The summed E-state index contributed by atoms with van der Waals surface area (Å²) in [5.74, 6) is -0.0597. The van der Waals surface area contributed by atoms with Crippen LogP contribution < -0.4 is 0 Å². The first kappa shape index (κ1) is 17.4. The van der Waals surface area contributed by atoms with Crippen molar-refractivity contribution in [2.45, 2.75) is 26.4 Å². The number of hydrogen-bond donors (Lipinski definition) is 1. The number of fused-ring (bicyclic) bond motifs is 1. The number of aromatic amines is 1. The number of benzene rings is 2. The molecule has 5 heteroatoms. The molecular formula is C22H17ClN2O2. The molecule has 0 saturated carbocycles. The van der Waals surface area contributed by atoms with Crippen LogP contribution in [0.2, 0.25) is 5.02 Å². The predicted octanol–water partition coefficient (Wildman–Crippen LogP) is 5.19. The Kier molecular flexibility index (Phi) is 3.87. The molecule has 1 N–H and O–H groups in total. The van der Waals surface area contributed by atoms with Crippen molar-refractivity contribution >= 4 is 34.0 Å². The minimum atomic E-state index is -1.23. The van der Waals surface area contributed by atoms with Gasteiger partial charge in [-0.25, -0.2) is 0 Å². The highest BCUT2D eigenvalue weighted by Gasteiger charge is 2.48. The van der Waals surface area contributed by atoms with Gasteiger partial charge in [0, 0.05) is 21.5 Å². The van der Waals surface area contributed by atoms with E-state index >= 15 is 0 Å². The molecule has 134 valence electrons. The molecule has 0 spiro atoms. The third-order valence-corrected chi connectivity index (χ3v) is 5.43. The summed E-state index contributed by atoms with van der Waals surface area (Å²) < 4.78 is 6.13. The molecule has 0 fully saturated rings. The van der Waals surface area contributed by atoms with Gasteiger partial charge in [-0.1, -0.05) is 29.8 Å². The lowest BCUT2D eigenvalue weighted by Crippen LogP contribution is -2.31. The first-order chi connectivity index (χ1) is 12.8. The average Bonchev–Trinajstić information content (AvgIpc) is 3.16. The summed E-state index contributed by atoms with van der Waals surface area (Å²) in [7, 11) is 0. The molecule has 1 aliphatic rings. The van der Waals surface area contributed by atoms with E-state index in [2.05, 4.69) is 4.98 Å². The van der Waals surface area contributed by atoms with Crippen LogP contribution in [0.25, 0.3) is 16.7 Å². The highest BCUT2D eigenvalue weighted by molar-refractivity contribution is 6.31. The van der Waals surface area contributed by atoms with Crippen LogP contribution in [0.15, 0.2) is 48.0 Å². The van der Waals surface area contributed by atoms with Crippen molar-refractivity contribution in [3.05, 3.63) is 75.4 Å². The number of halogens is 1. The maximum absolute atomic E-state index is 13.1. The summed E-state index contributed by atoms with van der Waals surface area (Å²) in [4.78, 5) is 16.3. The highest BCUT2D eigenvalue weighted by atomic mass is 35.5. The molecule has 27 heavy (non-hydrogen) atoms. The van der Waals surface area contributed by atoms with E-state index in [1.165, 1.54) is 0 Å². The van der Waals surface area contributed by atoms with Gasteiger partial charge >= 0.3 is 0 Å². The second kappa shape index (κ2) is 6.00. The second-order valence-electron chi connectivity index (χ2n) is 6.99. The quantitative estimate of drug-likeness (QED) is 0.669. The highest BCUT2D eigenvalue weighted by Crippen LogP contribution is 2.43. The number of nitriles is 1. The predicted molar refractivity (Wildman–Crippen MR) is 105 cm³/mol. The number of aryl methyl sites for hydroxylation is 2. The number of ether oxygens (including phenoxy) is 1. The second-order valence-corrected chi connectivity index (χ2v) is 7.43. The summed E-state index contributed by atoms with van der Waals surface area (Å²) in [5.41, 5.74) is 3.17. The van der Waals surface area contributed by atoms with Crippen LogP contribution in [0, 0.1) is 25.2 Å². The third kappa shape index (κ3) is 2.63. The molecule has 4 rings (SSSR count). The lowest BCUT2D eigenvalue weighted by Gasteiger charge is -2.24. The van der Waals surface area contributed by atoms with Crippen LogP contribution in [0.3, 0.4) is 0 Å². The first-order valence-electron chi connectivity index (χ1n) is 8.58. The Labute approximate surface area is 162 Å². The van der Waals surface area contributed by atoms with Gasteiger partial charge in [-0.05, 0) is 56.2 Å². The van der Waals surface area contributed by atoms with E-state index in [0.29, 0.717) is 10.7 Å². The van der Waals surface area contributed by atoms with Gasteiger partial charge in [0.05, 0.1) is 5.69 Å². The van der Waals surface area contributed by atoms with Crippen LogP contribution in [0.4, 0.5) is 0 Å². The van der Waals surface area contributed by atoms with Crippen molar-refractivity contribution in [3.63, 3.8) is 0 Å². The number of carbonyl (C=O) groups is 1. The van der Waals surface area contributed by atoms with E-state index in [4.69, 9.17) is 16.3 Å². The van der Waals surface area contributed by atoms with E-state index in [-0.39, 0.29) is 17.1 Å². The fourth-order valence-corrected chi connectivity index (χ4v) is 3.57. The molecule has 0 saturated heterocycles. The first-order valence-corrected chi connectivity index (χ1v) is 8.96. The maximum Gasteiger partial charge on any atom is 0.225 e. The van der Waals surface area contributed by atoms with Crippen molar-refractivity contribution in [2.75, 3.05) is 0 Å². The fourth-order valence-electron chi connectivity index (χ4n) is 3.39. The van der Waals surface area contributed by atoms with Crippen molar-refractivity contribution in [1.29, 1.82) is 5.26 Å². The summed E-state index contributed by atoms with van der Waals surface area (Å²) in [5, 5.41) is 11.1. The van der Waals surface area contributed by atoms with Gasteiger partial charge in [-0.15, -0.1) is 0 Å². The van der Waals surface area contributed by atoms with Gasteiger partial charge in [-0.3, -0.25) is 4.79 Å². The number of carbonyl (C=O) groups excluding carboxylic acids is 1. The molecule has 1 unspecified atom stereocenters. The molecule has 0 bridgehead atoms. The zero-order valence-electron chi connectivity index (χ0n) is 15.2. The number of nitrogens with one attached hydrogen (secondary N) is 1. The van der Waals surface area contributed by atoms with Gasteiger partial charge in [0.1, 0.15) is 11.6 Å². The van der Waals surface area contributed by atoms with Crippen molar-refractivity contribution < 1.29 is 9.53 Å². The lowest BCUT2D eigenvalue weighted by molar-refractivity contribution is -0.128. The standard InChI is InChI=1S/C22H17ClN2O2/c1-12-4-5-15(8-13(12)2)22(3)21(26)17(11-24)20(27-22)19-10-14-9-16(23)6-7-18(14)25-19/h4-10,25H,1-3H3. The number of nitrogens with zero attached hydrogens (tertiary/aromatic N) is 1. The number of ketones is 1.